The van der Waals surface area contributed by atoms with Crippen molar-refractivity contribution in [2.24, 2.45) is 0 Å². The summed E-state index contributed by atoms with van der Waals surface area (Å²) in [5.74, 6) is -14.8. The molecule has 0 bridgehead atoms. The summed E-state index contributed by atoms with van der Waals surface area (Å²) in [7, 11) is 0. The summed E-state index contributed by atoms with van der Waals surface area (Å²) in [5, 5.41) is 13.6. The molecule has 112 heavy (non-hydrogen) atoms. The fourth-order valence-corrected chi connectivity index (χ4v) is 12.7. The van der Waals surface area contributed by atoms with Crippen LogP contribution in [0.1, 0.15) is 215 Å². The van der Waals surface area contributed by atoms with Gasteiger partial charge in [-0.1, -0.05) is 18.2 Å². The molecule has 15 rings (SSSR count). The number of amides is 4. The molecule has 2 atom stereocenters. The lowest BCUT2D eigenvalue weighted by Gasteiger charge is -2.34. The van der Waals surface area contributed by atoms with E-state index >= 15 is 8.78 Å². The Balaban J connectivity index is 0.000000162. The van der Waals surface area contributed by atoms with Crippen molar-refractivity contribution in [3.63, 3.8) is 0 Å². The number of aromatic nitrogens is 9. The highest BCUT2D eigenvalue weighted by molar-refractivity contribution is 6.10. The first-order valence-electron chi connectivity index (χ1n) is 35.8. The maximum atomic E-state index is 15.5. The van der Waals surface area contributed by atoms with E-state index in [1.807, 2.05) is 6.07 Å². The van der Waals surface area contributed by atoms with Crippen molar-refractivity contribution in [1.82, 2.24) is 55.5 Å². The molecule has 0 aliphatic heterocycles. The molecule has 4 amide bonds. The number of hydrogen-bond acceptors (Lipinski definition) is 13. The lowest BCUT2D eigenvalue weighted by atomic mass is 9.91. The molecular weight excluding hydrogens is 1490 g/mol. The summed E-state index contributed by atoms with van der Waals surface area (Å²) in [6.07, 6.45) is 20.0. The van der Waals surface area contributed by atoms with E-state index in [4.69, 9.17) is 17.4 Å². The number of alkyl halides is 6. The van der Waals surface area contributed by atoms with Crippen LogP contribution >= 0.6 is 0 Å². The zero-order chi connectivity index (χ0) is 80.4. The van der Waals surface area contributed by atoms with E-state index in [-0.39, 0.29) is 113 Å². The number of carbonyl (C=O) groups excluding carboxylic acids is 5. The van der Waals surface area contributed by atoms with Crippen LogP contribution in [0.15, 0.2) is 148 Å². The lowest BCUT2D eigenvalue weighted by Crippen LogP contribution is -2.48. The van der Waals surface area contributed by atoms with E-state index in [1.54, 1.807) is 24.3 Å². The Morgan fingerprint density at radius 2 is 0.830 bits per heavy atom. The number of H-pyrrole nitrogens is 3. The first kappa shape index (κ1) is 82.7. The SMILES string of the molecule is Nc1ccc(C2CC2)cc1F.O=C(NC1CCC(F)(F)CC1)C(c1cncc(F)c1)N(C(=O)c1cnc[nH]1)c1ccc(C2CC2)cc1F.O=C(NC1CCC(F)(F)CC1)C(c1cncc(F)c1)N(C(=O)c1cnc[nH]1)c1ccc(C2CC2)cc1F.O=C(O)c1cnc[nH]1.O=Cc1cncc(F)c1.[C-]#[N+]C1CCC(F)(F)CC1. The number of carboxylic acids is 1. The van der Waals surface area contributed by atoms with E-state index < -0.39 is 126 Å². The summed E-state index contributed by atoms with van der Waals surface area (Å²) in [5.41, 5.74) is 8.18. The van der Waals surface area contributed by atoms with Crippen LogP contribution in [-0.4, -0.2) is 122 Å². The monoisotopic (exact) mass is 1560 g/mol. The Kier molecular flexibility index (Phi) is 27.5. The highest BCUT2D eigenvalue weighted by Gasteiger charge is 2.43. The quantitative estimate of drug-likeness (QED) is 0.0193. The number of carbonyl (C=O) groups is 6. The standard InChI is InChI=1S/2C26H25F4N5O2.C9H10FN.C7H9F2N.C6H4FNO.C4H4N2O2/c2*27-18-9-17(11-31-12-18)23(24(36)34-19-5-7-26(29,30)8-6-19)35(25(37)21-13-32-14-33-21)22-4-3-16(10-20(22)28)15-1-2-15;10-8-5-7(6-1-2-6)3-4-9(8)11;1-10-6-2-4-7(8,9)5-3-6;7-6-1-5(4-9)2-8-3-6;7-4(8)3-1-5-2-6-3/h2*3-4,9-15,19,23H,1-2,5-8H2,(H,32,33)(H,34,36);3-6H,1-2,11H2;6H,2-5H2;1-4H;1-2H,(H,5,6)(H,7,8). The number of nitrogens with zero attached hydrogens (tertiary/aromatic N) is 9. The minimum atomic E-state index is -2.80. The smallest absolute Gasteiger partial charge is 0.353 e. The summed E-state index contributed by atoms with van der Waals surface area (Å²) in [4.78, 5) is 110. The van der Waals surface area contributed by atoms with Crippen LogP contribution in [0.3, 0.4) is 0 Å². The van der Waals surface area contributed by atoms with E-state index in [1.165, 1.54) is 93.3 Å². The van der Waals surface area contributed by atoms with E-state index in [9.17, 15) is 72.7 Å². The third-order valence-corrected chi connectivity index (χ3v) is 19.2. The predicted molar refractivity (Wildman–Crippen MR) is 384 cm³/mol. The van der Waals surface area contributed by atoms with Crippen molar-refractivity contribution >= 4 is 52.9 Å². The van der Waals surface area contributed by atoms with Crippen LogP contribution in [0, 0.1) is 41.5 Å². The van der Waals surface area contributed by atoms with Crippen LogP contribution in [-0.2, 0) is 9.59 Å². The van der Waals surface area contributed by atoms with Crippen molar-refractivity contribution < 1.29 is 86.6 Å². The first-order chi connectivity index (χ1) is 53.5. The van der Waals surface area contributed by atoms with Gasteiger partial charge < -0.3 is 41.3 Å². The van der Waals surface area contributed by atoms with Gasteiger partial charge in [0.2, 0.25) is 35.6 Å². The van der Waals surface area contributed by atoms with Crippen LogP contribution in [0.2, 0.25) is 0 Å². The van der Waals surface area contributed by atoms with E-state index in [2.05, 4.69) is 60.3 Å². The van der Waals surface area contributed by atoms with Crippen molar-refractivity contribution in [3.8, 4) is 0 Å². The fourth-order valence-electron chi connectivity index (χ4n) is 12.7. The third-order valence-electron chi connectivity index (χ3n) is 19.2. The molecule has 2 unspecified atom stereocenters. The second kappa shape index (κ2) is 37.3. The predicted octanol–water partition coefficient (Wildman–Crippen LogP) is 16.0. The van der Waals surface area contributed by atoms with Gasteiger partial charge in [0, 0.05) is 98.7 Å². The highest BCUT2D eigenvalue weighted by Crippen LogP contribution is 2.45. The van der Waals surface area contributed by atoms with Gasteiger partial charge in [0.15, 0.2) is 6.29 Å². The molecule has 3 aromatic carbocycles. The average molecular weight is 1560 g/mol. The summed E-state index contributed by atoms with van der Waals surface area (Å²) < 4.78 is 164. The average Bonchev–Trinajstić information content (AvgIpc) is 1.08. The number of nitrogens with two attached hydrogens (primary N) is 1. The molecule has 8 N–H and O–H groups in total. The number of aromatic carboxylic acids is 1. The summed E-state index contributed by atoms with van der Waals surface area (Å²) >= 11 is 0. The molecule has 6 aliphatic carbocycles. The molecule has 6 aliphatic rings. The highest BCUT2D eigenvalue weighted by atomic mass is 19.3. The maximum absolute atomic E-state index is 15.5. The van der Waals surface area contributed by atoms with Gasteiger partial charge in [-0.15, -0.1) is 0 Å². The summed E-state index contributed by atoms with van der Waals surface area (Å²) in [6, 6.07) is 12.8. The fraction of sp³-hybridized carbons (Fsp3) is 0.372. The Morgan fingerprint density at radius 3 is 1.13 bits per heavy atom. The number of rotatable bonds is 17. The van der Waals surface area contributed by atoms with Crippen molar-refractivity contribution in [2.45, 2.75) is 181 Å². The number of anilines is 3. The molecule has 6 fully saturated rings. The molecule has 6 saturated carbocycles. The molecule has 0 saturated heterocycles. The number of imidazole rings is 3. The Hall–Kier alpha value is -11.8. The minimum Gasteiger partial charge on any atom is -0.477 e. The molecule has 34 heteroatoms. The Labute approximate surface area is 633 Å². The van der Waals surface area contributed by atoms with Crippen LogP contribution < -0.4 is 26.2 Å². The van der Waals surface area contributed by atoms with Crippen LogP contribution in [0.4, 0.5) is 69.7 Å². The van der Waals surface area contributed by atoms with Gasteiger partial charge in [-0.25, -0.2) is 79.0 Å². The Bertz CT molecular complexity index is 4530. The number of halogens is 12. The number of nitrogens with one attached hydrogen (secondary N) is 5. The number of hydrogen-bond donors (Lipinski definition) is 7. The lowest BCUT2D eigenvalue weighted by molar-refractivity contribution is -0.125. The number of nitrogen functional groups attached to an aromatic ring is 1. The van der Waals surface area contributed by atoms with Gasteiger partial charge in [-0.2, -0.15) is 0 Å². The molecule has 0 spiro atoms. The maximum Gasteiger partial charge on any atom is 0.353 e. The van der Waals surface area contributed by atoms with Gasteiger partial charge >= 0.3 is 5.97 Å². The van der Waals surface area contributed by atoms with E-state index in [0.717, 1.165) is 89.0 Å². The largest absolute Gasteiger partial charge is 0.477 e. The Morgan fingerprint density at radius 1 is 0.473 bits per heavy atom. The van der Waals surface area contributed by atoms with Gasteiger partial charge in [0.25, 0.3) is 11.8 Å². The number of carboxylic acid groups (broad SMARTS) is 1. The molecule has 9 aromatic rings. The topological polar surface area (TPSA) is 308 Å². The van der Waals surface area contributed by atoms with Gasteiger partial charge in [0.05, 0.1) is 73.2 Å². The molecule has 6 aromatic heterocycles. The number of aldehydes is 1. The zero-order valence-corrected chi connectivity index (χ0v) is 59.8. The van der Waals surface area contributed by atoms with E-state index in [0.29, 0.717) is 25.0 Å². The minimum absolute atomic E-state index is 0.00262. The second-order valence-electron chi connectivity index (χ2n) is 27.8. The molecule has 0 radical (unpaired) electrons. The van der Waals surface area contributed by atoms with Crippen molar-refractivity contribution in [3.05, 3.63) is 244 Å². The molecule has 590 valence electrons. The van der Waals surface area contributed by atoms with Crippen LogP contribution in [0.5, 0.6) is 0 Å². The first-order valence-corrected chi connectivity index (χ1v) is 35.8. The number of benzene rings is 3. The van der Waals surface area contributed by atoms with Crippen molar-refractivity contribution in [2.75, 3.05) is 15.5 Å². The molecule has 22 nitrogen and oxygen atoms in total. The third kappa shape index (κ3) is 23.4. The van der Waals surface area contributed by atoms with Gasteiger partial charge in [-0.05, 0) is 153 Å². The zero-order valence-electron chi connectivity index (χ0n) is 59.8. The summed E-state index contributed by atoms with van der Waals surface area (Å²) in [6.45, 7) is 6.61. The van der Waals surface area contributed by atoms with Gasteiger partial charge in [-0.3, -0.25) is 48.7 Å². The number of aromatic amines is 3. The number of pyridine rings is 3. The molecule has 6 heterocycles. The second-order valence-corrected chi connectivity index (χ2v) is 27.8. The normalized spacial score (nSPS) is 17.4. The van der Waals surface area contributed by atoms with Crippen molar-refractivity contribution in [1.29, 1.82) is 0 Å². The van der Waals surface area contributed by atoms with Gasteiger partial charge in [0.1, 0.15) is 64.1 Å². The molecular formula is C78H77F12N15O7. The van der Waals surface area contributed by atoms with Crippen LogP contribution in [0.25, 0.3) is 4.85 Å².